The number of carboxylic acids is 1. The van der Waals surface area contributed by atoms with Crippen molar-refractivity contribution in [1.82, 2.24) is 19.9 Å². The fourth-order valence-electron chi connectivity index (χ4n) is 6.88. The molecule has 1 aromatic heterocycles. The van der Waals surface area contributed by atoms with E-state index in [4.69, 9.17) is 4.74 Å². The highest BCUT2D eigenvalue weighted by atomic mass is 16.5. The lowest BCUT2D eigenvalue weighted by Gasteiger charge is -2.34. The molecule has 7 heteroatoms. The number of aryl methyl sites for hydroxylation is 4. The summed E-state index contributed by atoms with van der Waals surface area (Å²) < 4.78 is 8.07. The van der Waals surface area contributed by atoms with Crippen LogP contribution in [0.3, 0.4) is 0 Å². The van der Waals surface area contributed by atoms with Crippen LogP contribution in [-0.4, -0.2) is 43.6 Å². The van der Waals surface area contributed by atoms with Crippen molar-refractivity contribution in [3.8, 4) is 5.75 Å². The number of aliphatic carboxylic acids is 1. The molecule has 0 radical (unpaired) electrons. The molecule has 1 aliphatic heterocycles. The van der Waals surface area contributed by atoms with E-state index in [2.05, 4.69) is 71.5 Å². The van der Waals surface area contributed by atoms with Gasteiger partial charge in [-0.3, -0.25) is 9.69 Å². The molecule has 6 rings (SSSR count). The minimum absolute atomic E-state index is 0.0799. The van der Waals surface area contributed by atoms with Crippen LogP contribution in [0.25, 0.3) is 11.0 Å². The number of fused-ring (bicyclic) bond motifs is 3. The van der Waals surface area contributed by atoms with Gasteiger partial charge in [-0.2, -0.15) is 0 Å². The number of ether oxygens (including phenoxy) is 1. The maximum Gasteiger partial charge on any atom is 0.310 e. The average molecular weight is 539 g/mol. The Morgan fingerprint density at radius 3 is 2.67 bits per heavy atom. The summed E-state index contributed by atoms with van der Waals surface area (Å²) in [6.07, 6.45) is 2.14. The molecule has 0 spiro atoms. The van der Waals surface area contributed by atoms with E-state index in [-0.39, 0.29) is 18.1 Å². The lowest BCUT2D eigenvalue weighted by atomic mass is 9.69. The predicted molar refractivity (Wildman–Crippen MR) is 156 cm³/mol. The molecular formula is C33H38N4O3. The molecule has 0 bridgehead atoms. The molecule has 2 heterocycles. The van der Waals surface area contributed by atoms with E-state index in [0.717, 1.165) is 59.4 Å². The lowest BCUT2D eigenvalue weighted by molar-refractivity contribution is -0.147. The van der Waals surface area contributed by atoms with Crippen LogP contribution in [0.5, 0.6) is 5.75 Å². The largest absolute Gasteiger partial charge is 0.489 e. The second-order valence-electron chi connectivity index (χ2n) is 12.3. The molecule has 208 valence electrons. The van der Waals surface area contributed by atoms with Crippen LogP contribution < -0.4 is 4.74 Å². The van der Waals surface area contributed by atoms with Gasteiger partial charge in [-0.25, -0.2) is 4.68 Å². The third-order valence-corrected chi connectivity index (χ3v) is 9.06. The van der Waals surface area contributed by atoms with E-state index < -0.39 is 11.4 Å². The van der Waals surface area contributed by atoms with Crippen LogP contribution in [0.1, 0.15) is 78.1 Å². The minimum atomic E-state index is -1.04. The second-order valence-corrected chi connectivity index (χ2v) is 12.3. The third-order valence-electron chi connectivity index (χ3n) is 9.06. The summed E-state index contributed by atoms with van der Waals surface area (Å²) in [6, 6.07) is 17.4. The first-order valence-corrected chi connectivity index (χ1v) is 14.2. The van der Waals surface area contributed by atoms with Crippen molar-refractivity contribution in [2.45, 2.75) is 72.1 Å². The van der Waals surface area contributed by atoms with Gasteiger partial charge in [0.1, 0.15) is 17.4 Å². The number of hydrogen-bond acceptors (Lipinski definition) is 5. The highest BCUT2D eigenvalue weighted by Gasteiger charge is 2.41. The van der Waals surface area contributed by atoms with Crippen LogP contribution >= 0.6 is 0 Å². The Labute approximate surface area is 235 Å². The topological polar surface area (TPSA) is 80.5 Å². The number of carboxylic acid groups (broad SMARTS) is 1. The van der Waals surface area contributed by atoms with Gasteiger partial charge < -0.3 is 9.84 Å². The zero-order chi connectivity index (χ0) is 28.3. The Morgan fingerprint density at radius 1 is 1.10 bits per heavy atom. The standard InChI is InChI=1S/C33H38N4O3/c1-19-7-14-29-24(15-19)18-37(17-20(2)40-29)27-12-10-22-8-9-23(16-26(22)27)30(33(4,5)32(38)39)25-11-13-28-31(21(25)3)34-35-36(28)6/h7-9,11,13-16,20,27,30H,10,12,17-18H2,1-6H3,(H,38,39)/t20-,27?,30?/m1/s1. The summed E-state index contributed by atoms with van der Waals surface area (Å²) in [5.41, 5.74) is 8.84. The van der Waals surface area contributed by atoms with Crippen molar-refractivity contribution in [2.75, 3.05) is 6.54 Å². The summed E-state index contributed by atoms with van der Waals surface area (Å²) in [6.45, 7) is 11.6. The van der Waals surface area contributed by atoms with Crippen molar-refractivity contribution in [3.63, 3.8) is 0 Å². The first-order chi connectivity index (χ1) is 19.0. The van der Waals surface area contributed by atoms with Gasteiger partial charge in [0.2, 0.25) is 0 Å². The monoisotopic (exact) mass is 538 g/mol. The second kappa shape index (κ2) is 9.73. The number of carbonyl (C=O) groups is 1. The number of nitrogens with zero attached hydrogens (tertiary/aromatic N) is 4. The molecule has 1 aliphatic carbocycles. The van der Waals surface area contributed by atoms with E-state index in [0.29, 0.717) is 0 Å². The van der Waals surface area contributed by atoms with Gasteiger partial charge in [-0.05, 0) is 87.4 Å². The van der Waals surface area contributed by atoms with Gasteiger partial charge in [-0.15, -0.1) is 5.10 Å². The van der Waals surface area contributed by atoms with Gasteiger partial charge in [-0.1, -0.05) is 47.2 Å². The van der Waals surface area contributed by atoms with Crippen LogP contribution in [-0.2, 0) is 24.8 Å². The van der Waals surface area contributed by atoms with Crippen molar-refractivity contribution in [2.24, 2.45) is 12.5 Å². The Balaban J connectivity index is 1.44. The van der Waals surface area contributed by atoms with E-state index in [1.54, 1.807) is 4.68 Å². The first kappa shape index (κ1) is 26.5. The molecule has 0 saturated heterocycles. The molecule has 0 fully saturated rings. The molecule has 2 aliphatic rings. The lowest BCUT2D eigenvalue weighted by Crippen LogP contribution is -2.34. The minimum Gasteiger partial charge on any atom is -0.489 e. The summed E-state index contributed by atoms with van der Waals surface area (Å²) in [5.74, 6) is -0.192. The van der Waals surface area contributed by atoms with Crippen molar-refractivity contribution >= 4 is 17.0 Å². The molecule has 7 nitrogen and oxygen atoms in total. The molecule has 4 aromatic rings. The normalized spacial score (nSPS) is 20.1. The molecule has 3 atom stereocenters. The Kier molecular flexibility index (Phi) is 6.45. The maximum absolute atomic E-state index is 12.7. The predicted octanol–water partition coefficient (Wildman–Crippen LogP) is 6.10. The SMILES string of the molecule is Cc1ccc2c(c1)CN(C1CCc3ccc(C(c4ccc5c(nnn5C)c4C)C(C)(C)C(=O)O)cc31)C[C@@H](C)O2. The Bertz CT molecular complexity index is 1620. The van der Waals surface area contributed by atoms with Gasteiger partial charge in [0, 0.05) is 37.7 Å². The highest BCUT2D eigenvalue weighted by Crippen LogP contribution is 2.46. The van der Waals surface area contributed by atoms with Crippen molar-refractivity contribution < 1.29 is 14.6 Å². The quantitative estimate of drug-likeness (QED) is 0.331. The fraction of sp³-hybridized carbons (Fsp3) is 0.424. The van der Waals surface area contributed by atoms with E-state index >= 15 is 0 Å². The molecule has 0 amide bonds. The highest BCUT2D eigenvalue weighted by molar-refractivity contribution is 5.81. The number of hydrogen-bond donors (Lipinski definition) is 1. The van der Waals surface area contributed by atoms with Crippen LogP contribution in [0.4, 0.5) is 0 Å². The van der Waals surface area contributed by atoms with Crippen molar-refractivity contribution in [3.05, 3.63) is 87.5 Å². The zero-order valence-corrected chi connectivity index (χ0v) is 24.2. The summed E-state index contributed by atoms with van der Waals surface area (Å²) in [4.78, 5) is 15.3. The molecule has 0 saturated carbocycles. The summed E-state index contributed by atoms with van der Waals surface area (Å²) >= 11 is 0. The van der Waals surface area contributed by atoms with Gasteiger partial charge in [0.05, 0.1) is 10.9 Å². The average Bonchev–Trinajstić information content (AvgIpc) is 3.45. The van der Waals surface area contributed by atoms with Gasteiger partial charge in [0.25, 0.3) is 0 Å². The molecular weight excluding hydrogens is 500 g/mol. The Morgan fingerprint density at radius 2 is 1.90 bits per heavy atom. The molecule has 1 N–H and O–H groups in total. The van der Waals surface area contributed by atoms with Gasteiger partial charge in [0.15, 0.2) is 0 Å². The summed E-state index contributed by atoms with van der Waals surface area (Å²) in [7, 11) is 1.88. The first-order valence-electron chi connectivity index (χ1n) is 14.2. The maximum atomic E-state index is 12.7. The fourth-order valence-corrected chi connectivity index (χ4v) is 6.88. The van der Waals surface area contributed by atoms with Crippen LogP contribution in [0, 0.1) is 19.3 Å². The van der Waals surface area contributed by atoms with Gasteiger partial charge >= 0.3 is 5.97 Å². The van der Waals surface area contributed by atoms with Crippen molar-refractivity contribution in [1.29, 1.82) is 0 Å². The van der Waals surface area contributed by atoms with Crippen LogP contribution in [0.2, 0.25) is 0 Å². The van der Waals surface area contributed by atoms with Crippen LogP contribution in [0.15, 0.2) is 48.5 Å². The van der Waals surface area contributed by atoms with E-state index in [9.17, 15) is 9.90 Å². The van der Waals surface area contributed by atoms with E-state index in [1.807, 2.05) is 33.9 Å². The summed E-state index contributed by atoms with van der Waals surface area (Å²) in [5, 5.41) is 19.0. The van der Waals surface area contributed by atoms with E-state index in [1.165, 1.54) is 22.3 Å². The molecule has 3 aromatic carbocycles. The Hall–Kier alpha value is -3.71. The number of rotatable bonds is 5. The number of benzene rings is 3. The zero-order valence-electron chi connectivity index (χ0n) is 24.2. The molecule has 2 unspecified atom stereocenters. The third kappa shape index (κ3) is 4.37. The molecule has 40 heavy (non-hydrogen) atoms. The number of aromatic nitrogens is 3. The smallest absolute Gasteiger partial charge is 0.310 e.